The minimum Gasteiger partial charge on any atom is -0.207 e. The molecule has 0 spiro atoms. The predicted octanol–water partition coefficient (Wildman–Crippen LogP) is 3.60. The number of hydrogen-bond donors (Lipinski definition) is 0. The van der Waals surface area contributed by atoms with Gasteiger partial charge in [-0.1, -0.05) is 22.9 Å². The van der Waals surface area contributed by atoms with Gasteiger partial charge in [0, 0.05) is 4.83 Å². The van der Waals surface area contributed by atoms with Crippen molar-refractivity contribution in [2.24, 2.45) is 0 Å². The standard InChI is InChI=1S/C10H11BrF2/c1-6-3-10(13)8(4-7(2)11)5-9(6)12/h3,5,7H,4H2,1-2H3. The summed E-state index contributed by atoms with van der Waals surface area (Å²) in [5.41, 5.74) is 0.774. The van der Waals surface area contributed by atoms with Gasteiger partial charge in [0.05, 0.1) is 0 Å². The molecule has 0 bridgehead atoms. The second-order valence-electron chi connectivity index (χ2n) is 3.18. The Labute approximate surface area is 85.1 Å². The van der Waals surface area contributed by atoms with Gasteiger partial charge >= 0.3 is 0 Å². The fourth-order valence-electron chi connectivity index (χ4n) is 1.15. The van der Waals surface area contributed by atoms with Gasteiger partial charge in [0.15, 0.2) is 0 Å². The smallest absolute Gasteiger partial charge is 0.126 e. The number of aryl methyl sites for hydroxylation is 1. The zero-order valence-electron chi connectivity index (χ0n) is 7.57. The van der Waals surface area contributed by atoms with Crippen LogP contribution < -0.4 is 0 Å². The van der Waals surface area contributed by atoms with E-state index in [1.165, 1.54) is 12.1 Å². The molecule has 0 N–H and O–H groups in total. The average molecular weight is 249 g/mol. The highest BCUT2D eigenvalue weighted by atomic mass is 79.9. The van der Waals surface area contributed by atoms with E-state index in [1.807, 2.05) is 6.92 Å². The molecule has 0 amide bonds. The Morgan fingerprint density at radius 3 is 2.46 bits per heavy atom. The first-order chi connectivity index (χ1) is 6.00. The number of benzene rings is 1. The van der Waals surface area contributed by atoms with E-state index in [-0.39, 0.29) is 16.5 Å². The second kappa shape index (κ2) is 4.18. The van der Waals surface area contributed by atoms with Crippen molar-refractivity contribution < 1.29 is 8.78 Å². The van der Waals surface area contributed by atoms with Crippen molar-refractivity contribution in [1.29, 1.82) is 0 Å². The maximum atomic E-state index is 13.2. The first-order valence-corrected chi connectivity index (χ1v) is 5.01. The molecule has 1 unspecified atom stereocenters. The second-order valence-corrected chi connectivity index (χ2v) is 4.74. The molecule has 72 valence electrons. The largest absolute Gasteiger partial charge is 0.207 e. The van der Waals surface area contributed by atoms with Crippen molar-refractivity contribution in [1.82, 2.24) is 0 Å². The van der Waals surface area contributed by atoms with E-state index >= 15 is 0 Å². The summed E-state index contributed by atoms with van der Waals surface area (Å²) in [4.78, 5) is 0.157. The molecule has 0 radical (unpaired) electrons. The van der Waals surface area contributed by atoms with E-state index in [2.05, 4.69) is 15.9 Å². The van der Waals surface area contributed by atoms with E-state index in [1.54, 1.807) is 6.92 Å². The van der Waals surface area contributed by atoms with Crippen LogP contribution in [0.2, 0.25) is 0 Å². The molecule has 0 aliphatic heterocycles. The summed E-state index contributed by atoms with van der Waals surface area (Å²) >= 11 is 3.30. The Kier molecular flexibility index (Phi) is 3.42. The van der Waals surface area contributed by atoms with Gasteiger partial charge < -0.3 is 0 Å². The van der Waals surface area contributed by atoms with E-state index in [0.717, 1.165) is 0 Å². The van der Waals surface area contributed by atoms with Crippen LogP contribution in [0.5, 0.6) is 0 Å². The van der Waals surface area contributed by atoms with Gasteiger partial charge in [0.25, 0.3) is 0 Å². The van der Waals surface area contributed by atoms with Crippen molar-refractivity contribution in [3.8, 4) is 0 Å². The minimum absolute atomic E-state index is 0.157. The first kappa shape index (κ1) is 10.6. The van der Waals surface area contributed by atoms with Crippen LogP contribution in [0.15, 0.2) is 12.1 Å². The molecule has 3 heteroatoms. The summed E-state index contributed by atoms with van der Waals surface area (Å²) < 4.78 is 26.2. The lowest BCUT2D eigenvalue weighted by Gasteiger charge is -2.06. The van der Waals surface area contributed by atoms with E-state index < -0.39 is 0 Å². The van der Waals surface area contributed by atoms with Gasteiger partial charge in [-0.25, -0.2) is 8.78 Å². The predicted molar refractivity (Wildman–Crippen MR) is 53.2 cm³/mol. The van der Waals surface area contributed by atoms with Gasteiger partial charge in [-0.15, -0.1) is 0 Å². The highest BCUT2D eigenvalue weighted by molar-refractivity contribution is 9.09. The molecule has 0 nitrogen and oxygen atoms in total. The number of halogens is 3. The monoisotopic (exact) mass is 248 g/mol. The molecule has 1 aromatic carbocycles. The molecule has 1 atom stereocenters. The number of rotatable bonds is 2. The van der Waals surface area contributed by atoms with E-state index in [9.17, 15) is 8.78 Å². The summed E-state index contributed by atoms with van der Waals surface area (Å²) in [6.45, 7) is 3.46. The van der Waals surface area contributed by atoms with Crippen LogP contribution in [0.1, 0.15) is 18.1 Å². The Bertz CT molecular complexity index is 308. The molecule has 13 heavy (non-hydrogen) atoms. The summed E-state index contributed by atoms with van der Waals surface area (Å²) in [5.74, 6) is -0.672. The molecule has 0 fully saturated rings. The molecular weight excluding hydrogens is 238 g/mol. The van der Waals surface area contributed by atoms with Gasteiger partial charge in [0.2, 0.25) is 0 Å². The van der Waals surface area contributed by atoms with Gasteiger partial charge in [-0.3, -0.25) is 0 Å². The van der Waals surface area contributed by atoms with Gasteiger partial charge in [-0.2, -0.15) is 0 Å². The van der Waals surface area contributed by atoms with Crippen molar-refractivity contribution >= 4 is 15.9 Å². The van der Waals surface area contributed by atoms with Crippen LogP contribution in [0, 0.1) is 18.6 Å². The highest BCUT2D eigenvalue weighted by Crippen LogP contribution is 2.17. The molecule has 0 heterocycles. The average Bonchev–Trinajstić information content (AvgIpc) is 1.99. The Balaban J connectivity index is 3.01. The minimum atomic E-state index is -0.343. The molecule has 0 aliphatic carbocycles. The van der Waals surface area contributed by atoms with Crippen LogP contribution in [-0.2, 0) is 6.42 Å². The molecule has 0 saturated heterocycles. The molecular formula is C10H11BrF2. The van der Waals surface area contributed by atoms with Crippen LogP contribution in [0.3, 0.4) is 0 Å². The molecule has 1 rings (SSSR count). The number of hydrogen-bond acceptors (Lipinski definition) is 0. The summed E-state index contributed by atoms with van der Waals surface area (Å²) in [6.07, 6.45) is 0.503. The zero-order chi connectivity index (χ0) is 10.0. The van der Waals surface area contributed by atoms with Gasteiger partial charge in [0.1, 0.15) is 11.6 Å². The Hall–Kier alpha value is -0.440. The topological polar surface area (TPSA) is 0 Å². The fourth-order valence-corrected chi connectivity index (χ4v) is 1.50. The molecule has 0 aromatic heterocycles. The van der Waals surface area contributed by atoms with Crippen molar-refractivity contribution in [2.45, 2.75) is 25.1 Å². The van der Waals surface area contributed by atoms with Crippen molar-refractivity contribution in [2.75, 3.05) is 0 Å². The van der Waals surface area contributed by atoms with Gasteiger partial charge in [-0.05, 0) is 36.6 Å². The number of alkyl halides is 1. The summed E-state index contributed by atoms with van der Waals surface area (Å²) in [6, 6.07) is 2.50. The normalized spacial score (nSPS) is 13.0. The fraction of sp³-hybridized carbons (Fsp3) is 0.400. The lowest BCUT2D eigenvalue weighted by Crippen LogP contribution is -2.01. The third-order valence-electron chi connectivity index (χ3n) is 1.83. The highest BCUT2D eigenvalue weighted by Gasteiger charge is 2.08. The van der Waals surface area contributed by atoms with Crippen LogP contribution in [-0.4, -0.2) is 4.83 Å². The van der Waals surface area contributed by atoms with Crippen molar-refractivity contribution in [3.05, 3.63) is 34.9 Å². The first-order valence-electron chi connectivity index (χ1n) is 4.09. The third kappa shape index (κ3) is 2.76. The Morgan fingerprint density at radius 1 is 1.31 bits per heavy atom. The Morgan fingerprint density at radius 2 is 1.92 bits per heavy atom. The lowest BCUT2D eigenvalue weighted by molar-refractivity contribution is 0.578. The summed E-state index contributed by atoms with van der Waals surface area (Å²) in [5, 5.41) is 0. The van der Waals surface area contributed by atoms with Crippen LogP contribution >= 0.6 is 15.9 Å². The van der Waals surface area contributed by atoms with E-state index in [0.29, 0.717) is 17.5 Å². The summed E-state index contributed by atoms with van der Waals surface area (Å²) in [7, 11) is 0. The SMILES string of the molecule is Cc1cc(F)c(CC(C)Br)cc1F. The molecule has 1 aromatic rings. The maximum Gasteiger partial charge on any atom is 0.126 e. The van der Waals surface area contributed by atoms with Crippen LogP contribution in [0.4, 0.5) is 8.78 Å². The van der Waals surface area contributed by atoms with E-state index in [4.69, 9.17) is 0 Å². The maximum absolute atomic E-state index is 13.2. The molecule has 0 saturated carbocycles. The quantitative estimate of drug-likeness (QED) is 0.702. The van der Waals surface area contributed by atoms with Crippen LogP contribution in [0.25, 0.3) is 0 Å². The van der Waals surface area contributed by atoms with Crippen molar-refractivity contribution in [3.63, 3.8) is 0 Å². The third-order valence-corrected chi connectivity index (χ3v) is 2.15. The zero-order valence-corrected chi connectivity index (χ0v) is 9.16. The molecule has 0 aliphatic rings. The lowest BCUT2D eigenvalue weighted by atomic mass is 10.1.